The van der Waals surface area contributed by atoms with E-state index in [0.717, 1.165) is 25.8 Å². The molecule has 1 aromatic carbocycles. The van der Waals surface area contributed by atoms with Crippen molar-refractivity contribution in [3.8, 4) is 0 Å². The standard InChI is InChI=1S/C19H24N2O2.H2O4S/c1-4-19(18(22)23-3)9-14-13-6-5-7-15-17(13)12(10-20-15)8-16(14)21(2)11-19;1-5(2,3)4/h5-7,10,14,16,20H,4,8-9,11H2,1-3H3;(H2,1,2,3,4)/t14-,16-,19?;/m0./s1. The number of nitrogens with one attached hydrogen (secondary N) is 1. The quantitative estimate of drug-likeness (QED) is 0.514. The first-order valence-electron chi connectivity index (χ1n) is 9.17. The monoisotopic (exact) mass is 410 g/mol. The number of aromatic amines is 1. The molecule has 0 amide bonds. The van der Waals surface area contributed by atoms with Gasteiger partial charge in [-0.1, -0.05) is 19.1 Å². The van der Waals surface area contributed by atoms with Gasteiger partial charge in [0.15, 0.2) is 0 Å². The van der Waals surface area contributed by atoms with Gasteiger partial charge in [-0.25, -0.2) is 0 Å². The summed E-state index contributed by atoms with van der Waals surface area (Å²) in [7, 11) is -1.00. The maximum Gasteiger partial charge on any atom is 0.394 e. The summed E-state index contributed by atoms with van der Waals surface area (Å²) in [6.07, 6.45) is 4.91. The fourth-order valence-corrected chi connectivity index (χ4v) is 4.88. The predicted molar refractivity (Wildman–Crippen MR) is 105 cm³/mol. The van der Waals surface area contributed by atoms with Gasteiger partial charge in [-0.05, 0) is 43.5 Å². The van der Waals surface area contributed by atoms with E-state index in [4.69, 9.17) is 22.3 Å². The van der Waals surface area contributed by atoms with Crippen LogP contribution in [-0.2, 0) is 26.4 Å². The number of nitrogens with zero attached hydrogens (tertiary/aromatic N) is 1. The maximum atomic E-state index is 12.5. The summed E-state index contributed by atoms with van der Waals surface area (Å²) in [5, 5.41) is 1.37. The lowest BCUT2D eigenvalue weighted by atomic mass is 9.65. The van der Waals surface area contributed by atoms with Gasteiger partial charge in [-0.3, -0.25) is 13.9 Å². The highest BCUT2D eigenvalue weighted by molar-refractivity contribution is 7.79. The minimum absolute atomic E-state index is 0.0580. The third-order valence-corrected chi connectivity index (χ3v) is 6.14. The van der Waals surface area contributed by atoms with Crippen molar-refractivity contribution in [2.45, 2.75) is 38.1 Å². The summed E-state index contributed by atoms with van der Waals surface area (Å²) in [6, 6.07) is 6.98. The van der Waals surface area contributed by atoms with Gasteiger partial charge in [0.25, 0.3) is 0 Å². The second-order valence-corrected chi connectivity index (χ2v) is 8.55. The fourth-order valence-electron chi connectivity index (χ4n) is 4.88. The molecular formula is C19H26N2O6S. The Hall–Kier alpha value is -1.94. The van der Waals surface area contributed by atoms with E-state index < -0.39 is 10.4 Å². The van der Waals surface area contributed by atoms with E-state index in [-0.39, 0.29) is 11.4 Å². The molecule has 3 N–H and O–H groups in total. The van der Waals surface area contributed by atoms with Gasteiger partial charge in [0.2, 0.25) is 0 Å². The molecular weight excluding hydrogens is 384 g/mol. The van der Waals surface area contributed by atoms with E-state index in [2.05, 4.69) is 48.3 Å². The molecule has 0 radical (unpaired) electrons. The maximum absolute atomic E-state index is 12.5. The third-order valence-electron chi connectivity index (χ3n) is 6.14. The molecule has 4 rings (SSSR count). The molecule has 154 valence electrons. The number of ether oxygens (including phenoxy) is 1. The second-order valence-electron chi connectivity index (χ2n) is 7.65. The van der Waals surface area contributed by atoms with E-state index >= 15 is 0 Å². The van der Waals surface area contributed by atoms with Gasteiger partial charge >= 0.3 is 16.4 Å². The zero-order valence-electron chi connectivity index (χ0n) is 16.2. The normalized spacial score (nSPS) is 26.9. The number of esters is 1. The highest BCUT2D eigenvalue weighted by atomic mass is 32.3. The zero-order valence-corrected chi connectivity index (χ0v) is 17.0. The number of hydrogen-bond donors (Lipinski definition) is 3. The lowest BCUT2D eigenvalue weighted by Crippen LogP contribution is -2.55. The number of hydrogen-bond acceptors (Lipinski definition) is 5. The summed E-state index contributed by atoms with van der Waals surface area (Å²) in [5.74, 6) is 0.331. The van der Waals surface area contributed by atoms with Crippen LogP contribution in [0.4, 0.5) is 0 Å². The van der Waals surface area contributed by atoms with Crippen LogP contribution in [0.1, 0.15) is 36.8 Å². The van der Waals surface area contributed by atoms with E-state index in [1.54, 1.807) is 0 Å². The second kappa shape index (κ2) is 7.47. The first-order chi connectivity index (χ1) is 13.1. The number of carbonyl (C=O) groups is 1. The van der Waals surface area contributed by atoms with Gasteiger partial charge in [0.05, 0.1) is 12.5 Å². The summed E-state index contributed by atoms with van der Waals surface area (Å²) < 4.78 is 36.8. The summed E-state index contributed by atoms with van der Waals surface area (Å²) in [5.41, 5.74) is 3.62. The van der Waals surface area contributed by atoms with E-state index in [1.807, 2.05) is 0 Å². The van der Waals surface area contributed by atoms with Crippen LogP contribution >= 0.6 is 0 Å². The fraction of sp³-hybridized carbons (Fsp3) is 0.526. The van der Waals surface area contributed by atoms with Gasteiger partial charge < -0.3 is 14.6 Å². The third kappa shape index (κ3) is 3.80. The molecule has 2 aliphatic rings. The predicted octanol–water partition coefficient (Wildman–Crippen LogP) is 2.43. The van der Waals surface area contributed by atoms with E-state index in [0.29, 0.717) is 12.0 Å². The Labute approximate surface area is 164 Å². The molecule has 1 saturated heterocycles. The summed E-state index contributed by atoms with van der Waals surface area (Å²) >= 11 is 0. The highest BCUT2D eigenvalue weighted by Gasteiger charge is 2.50. The number of piperidine rings is 1. The van der Waals surface area contributed by atoms with Crippen molar-refractivity contribution in [3.63, 3.8) is 0 Å². The van der Waals surface area contributed by atoms with E-state index in [9.17, 15) is 4.79 Å². The van der Waals surface area contributed by atoms with Crippen LogP contribution in [0.15, 0.2) is 24.4 Å². The molecule has 1 aromatic heterocycles. The lowest BCUT2D eigenvalue weighted by Gasteiger charge is -2.49. The molecule has 2 aromatic rings. The first-order valence-corrected chi connectivity index (χ1v) is 10.6. The van der Waals surface area contributed by atoms with Gasteiger partial charge in [0, 0.05) is 35.6 Å². The van der Waals surface area contributed by atoms with Gasteiger partial charge in [-0.2, -0.15) is 8.42 Å². The molecule has 3 atom stereocenters. The number of rotatable bonds is 2. The van der Waals surface area contributed by atoms with Crippen LogP contribution in [0.3, 0.4) is 0 Å². The van der Waals surface area contributed by atoms with Gasteiger partial charge in [0.1, 0.15) is 0 Å². The molecule has 1 fully saturated rings. The van der Waals surface area contributed by atoms with Crippen molar-refractivity contribution >= 4 is 27.3 Å². The Kier molecular flexibility index (Phi) is 5.55. The Morgan fingerprint density at radius 2 is 2.07 bits per heavy atom. The van der Waals surface area contributed by atoms with Crippen molar-refractivity contribution in [2.75, 3.05) is 20.7 Å². The number of aromatic nitrogens is 1. The number of methoxy groups -OCH3 is 1. The van der Waals surface area contributed by atoms with Crippen molar-refractivity contribution in [1.29, 1.82) is 0 Å². The average Bonchev–Trinajstić information content (AvgIpc) is 3.05. The Bertz CT molecular complexity index is 977. The first kappa shape index (κ1) is 20.8. The number of likely N-dealkylation sites (tertiary alicyclic amines) is 1. The largest absolute Gasteiger partial charge is 0.469 e. The molecule has 0 saturated carbocycles. The minimum atomic E-state index is -4.67. The van der Waals surface area contributed by atoms with Crippen LogP contribution in [0, 0.1) is 5.41 Å². The molecule has 0 spiro atoms. The number of likely N-dealkylation sites (N-methyl/N-ethyl adjacent to an activating group) is 1. The van der Waals surface area contributed by atoms with Crippen molar-refractivity contribution in [3.05, 3.63) is 35.5 Å². The molecule has 8 nitrogen and oxygen atoms in total. The SMILES string of the molecule is CCC1(C(=O)OC)C[C@H]2c3cccc4[nH]cc(c34)C[C@@H]2N(C)C1.O=S(=O)(O)O. The van der Waals surface area contributed by atoms with Crippen molar-refractivity contribution in [2.24, 2.45) is 5.41 Å². The molecule has 1 unspecified atom stereocenters. The van der Waals surface area contributed by atoms with Crippen LogP contribution in [0.25, 0.3) is 10.9 Å². The molecule has 28 heavy (non-hydrogen) atoms. The summed E-state index contributed by atoms with van der Waals surface area (Å²) in [6.45, 7) is 2.89. The van der Waals surface area contributed by atoms with E-state index in [1.165, 1.54) is 29.1 Å². The Morgan fingerprint density at radius 1 is 1.39 bits per heavy atom. The van der Waals surface area contributed by atoms with Crippen LogP contribution < -0.4 is 0 Å². The molecule has 0 bridgehead atoms. The molecule has 9 heteroatoms. The number of H-pyrrole nitrogens is 1. The van der Waals surface area contributed by atoms with Crippen LogP contribution in [0.2, 0.25) is 0 Å². The van der Waals surface area contributed by atoms with Crippen LogP contribution in [0.5, 0.6) is 0 Å². The number of benzene rings is 1. The zero-order chi connectivity index (χ0) is 20.7. The lowest BCUT2D eigenvalue weighted by molar-refractivity contribution is -0.158. The Balaban J connectivity index is 0.000000403. The van der Waals surface area contributed by atoms with Gasteiger partial charge in [-0.15, -0.1) is 0 Å². The van der Waals surface area contributed by atoms with Crippen molar-refractivity contribution in [1.82, 2.24) is 9.88 Å². The number of fused-ring (bicyclic) bond motifs is 2. The minimum Gasteiger partial charge on any atom is -0.469 e. The molecule has 2 heterocycles. The molecule has 1 aliphatic heterocycles. The van der Waals surface area contributed by atoms with Crippen LogP contribution in [-0.4, -0.2) is 60.1 Å². The average molecular weight is 410 g/mol. The molecule has 1 aliphatic carbocycles. The van der Waals surface area contributed by atoms with Crippen molar-refractivity contribution < 1.29 is 27.1 Å². The Morgan fingerprint density at radius 3 is 2.68 bits per heavy atom. The number of carbonyl (C=O) groups excluding carboxylic acids is 1. The smallest absolute Gasteiger partial charge is 0.394 e. The summed E-state index contributed by atoms with van der Waals surface area (Å²) in [4.78, 5) is 18.3. The topological polar surface area (TPSA) is 120 Å². The highest BCUT2D eigenvalue weighted by Crippen LogP contribution is 2.49.